The highest BCUT2D eigenvalue weighted by molar-refractivity contribution is 7.89. The summed E-state index contributed by atoms with van der Waals surface area (Å²) in [6.45, 7) is 0.704. The summed E-state index contributed by atoms with van der Waals surface area (Å²) in [7, 11) is -3.70. The maximum Gasteiger partial charge on any atom is 0.248 e. The molecular weight excluding hydrogens is 352 g/mol. The monoisotopic (exact) mass is 370 g/mol. The number of sulfonamides is 1. The van der Waals surface area contributed by atoms with E-state index in [9.17, 15) is 13.2 Å². The molecule has 1 amide bonds. The summed E-state index contributed by atoms with van der Waals surface area (Å²) in [6.07, 6.45) is 3.54. The van der Waals surface area contributed by atoms with E-state index < -0.39 is 15.9 Å². The first-order valence-corrected chi connectivity index (χ1v) is 9.38. The van der Waals surface area contributed by atoms with Crippen LogP contribution >= 0.6 is 0 Å². The lowest BCUT2D eigenvalue weighted by atomic mass is 10.1. The molecule has 0 aliphatic carbocycles. The molecule has 1 aromatic heterocycles. The molecule has 0 radical (unpaired) electrons. The Morgan fingerprint density at radius 2 is 1.73 bits per heavy atom. The van der Waals surface area contributed by atoms with Gasteiger partial charge in [0.25, 0.3) is 0 Å². The standard InChI is InChI=1S/C18H18N4O3S/c19-18(23)14-6-8-17(9-7-14)26(24,25)21-12-15-4-1-2-5-16(15)13-22-11-3-10-20-22/h1-11,21H,12-13H2,(H2,19,23). The Bertz CT molecular complexity index is 997. The van der Waals surface area contributed by atoms with Crippen LogP contribution in [0.15, 0.2) is 71.9 Å². The molecule has 7 nitrogen and oxygen atoms in total. The molecule has 0 saturated heterocycles. The number of primary amides is 1. The highest BCUT2D eigenvalue weighted by Crippen LogP contribution is 2.14. The first kappa shape index (κ1) is 17.8. The fraction of sp³-hybridized carbons (Fsp3) is 0.111. The van der Waals surface area contributed by atoms with Crippen molar-refractivity contribution in [3.8, 4) is 0 Å². The van der Waals surface area contributed by atoms with Gasteiger partial charge in [0, 0.05) is 24.5 Å². The maximum absolute atomic E-state index is 12.5. The van der Waals surface area contributed by atoms with Crippen molar-refractivity contribution < 1.29 is 13.2 Å². The van der Waals surface area contributed by atoms with Crippen molar-refractivity contribution in [2.75, 3.05) is 0 Å². The van der Waals surface area contributed by atoms with Gasteiger partial charge in [-0.05, 0) is 41.5 Å². The van der Waals surface area contributed by atoms with Crippen molar-refractivity contribution in [3.05, 3.63) is 83.7 Å². The van der Waals surface area contributed by atoms with Gasteiger partial charge < -0.3 is 5.73 Å². The third-order valence-corrected chi connectivity index (χ3v) is 5.33. The Hall–Kier alpha value is -2.97. The number of benzene rings is 2. The minimum atomic E-state index is -3.70. The highest BCUT2D eigenvalue weighted by atomic mass is 32.2. The lowest BCUT2D eigenvalue weighted by Crippen LogP contribution is -2.24. The van der Waals surface area contributed by atoms with Crippen molar-refractivity contribution in [2.45, 2.75) is 18.0 Å². The molecule has 0 unspecified atom stereocenters. The van der Waals surface area contributed by atoms with E-state index in [-0.39, 0.29) is 17.0 Å². The molecule has 3 N–H and O–H groups in total. The second kappa shape index (κ2) is 7.51. The van der Waals surface area contributed by atoms with Crippen LogP contribution in [0, 0.1) is 0 Å². The fourth-order valence-corrected chi connectivity index (χ4v) is 3.51. The Morgan fingerprint density at radius 3 is 2.35 bits per heavy atom. The third-order valence-electron chi connectivity index (χ3n) is 3.91. The summed E-state index contributed by atoms with van der Waals surface area (Å²) in [6, 6.07) is 14.9. The number of hydrogen-bond acceptors (Lipinski definition) is 4. The van der Waals surface area contributed by atoms with Crippen LogP contribution in [0.2, 0.25) is 0 Å². The lowest BCUT2D eigenvalue weighted by molar-refractivity contribution is 0.1000. The molecule has 0 saturated carbocycles. The average Bonchev–Trinajstić information content (AvgIpc) is 3.14. The van der Waals surface area contributed by atoms with E-state index in [1.807, 2.05) is 36.5 Å². The predicted octanol–water partition coefficient (Wildman–Crippen LogP) is 1.51. The SMILES string of the molecule is NC(=O)c1ccc(S(=O)(=O)NCc2ccccc2Cn2cccn2)cc1. The molecule has 1 heterocycles. The second-order valence-electron chi connectivity index (χ2n) is 5.69. The number of nitrogens with zero attached hydrogens (tertiary/aromatic N) is 2. The van der Waals surface area contributed by atoms with Crippen molar-refractivity contribution in [1.82, 2.24) is 14.5 Å². The summed E-state index contributed by atoms with van der Waals surface area (Å²) in [5.74, 6) is -0.602. The van der Waals surface area contributed by atoms with E-state index in [1.165, 1.54) is 24.3 Å². The van der Waals surface area contributed by atoms with E-state index >= 15 is 0 Å². The van der Waals surface area contributed by atoms with Crippen LogP contribution < -0.4 is 10.5 Å². The molecule has 0 bridgehead atoms. The average molecular weight is 370 g/mol. The zero-order valence-corrected chi connectivity index (χ0v) is 14.7. The molecule has 0 atom stereocenters. The van der Waals surface area contributed by atoms with Crippen LogP contribution in [-0.4, -0.2) is 24.1 Å². The van der Waals surface area contributed by atoms with Gasteiger partial charge in [0.2, 0.25) is 15.9 Å². The van der Waals surface area contributed by atoms with Crippen LogP contribution in [0.3, 0.4) is 0 Å². The quantitative estimate of drug-likeness (QED) is 0.657. The summed E-state index contributed by atoms with van der Waals surface area (Å²) in [5.41, 5.74) is 7.26. The number of hydrogen-bond donors (Lipinski definition) is 2. The van der Waals surface area contributed by atoms with Crippen LogP contribution in [-0.2, 0) is 23.1 Å². The minimum Gasteiger partial charge on any atom is -0.366 e. The molecule has 0 aliphatic heterocycles. The molecule has 2 aromatic carbocycles. The smallest absolute Gasteiger partial charge is 0.248 e. The van der Waals surface area contributed by atoms with E-state index in [0.717, 1.165) is 11.1 Å². The van der Waals surface area contributed by atoms with E-state index in [2.05, 4.69) is 9.82 Å². The number of rotatable bonds is 7. The summed E-state index contributed by atoms with van der Waals surface area (Å²) in [4.78, 5) is 11.2. The Morgan fingerprint density at radius 1 is 1.04 bits per heavy atom. The van der Waals surface area contributed by atoms with Gasteiger partial charge in [-0.25, -0.2) is 13.1 Å². The topological polar surface area (TPSA) is 107 Å². The number of carbonyl (C=O) groups is 1. The molecule has 0 aliphatic rings. The largest absolute Gasteiger partial charge is 0.366 e. The lowest BCUT2D eigenvalue weighted by Gasteiger charge is -2.11. The second-order valence-corrected chi connectivity index (χ2v) is 7.45. The first-order valence-electron chi connectivity index (χ1n) is 7.89. The maximum atomic E-state index is 12.5. The third kappa shape index (κ3) is 4.16. The first-order chi connectivity index (χ1) is 12.5. The predicted molar refractivity (Wildman–Crippen MR) is 96.8 cm³/mol. The molecule has 3 aromatic rings. The zero-order chi connectivity index (χ0) is 18.6. The van der Waals surface area contributed by atoms with Crippen molar-refractivity contribution in [2.24, 2.45) is 5.73 Å². The number of carbonyl (C=O) groups excluding carboxylic acids is 1. The van der Waals surface area contributed by atoms with Gasteiger partial charge in [-0.2, -0.15) is 5.10 Å². The number of nitrogens with two attached hydrogens (primary N) is 1. The van der Waals surface area contributed by atoms with E-state index in [4.69, 9.17) is 5.73 Å². The van der Waals surface area contributed by atoms with Crippen molar-refractivity contribution >= 4 is 15.9 Å². The van der Waals surface area contributed by atoms with E-state index in [1.54, 1.807) is 10.9 Å². The molecular formula is C18H18N4O3S. The Kier molecular flexibility index (Phi) is 5.15. The normalized spacial score (nSPS) is 11.4. The van der Waals surface area contributed by atoms with Gasteiger partial charge in [0.1, 0.15) is 0 Å². The van der Waals surface area contributed by atoms with Gasteiger partial charge in [-0.1, -0.05) is 24.3 Å². The van der Waals surface area contributed by atoms with Crippen LogP contribution in [0.25, 0.3) is 0 Å². The molecule has 0 fully saturated rings. The fourth-order valence-electron chi connectivity index (χ4n) is 2.51. The zero-order valence-electron chi connectivity index (χ0n) is 13.9. The van der Waals surface area contributed by atoms with Gasteiger partial charge in [-0.15, -0.1) is 0 Å². The summed E-state index contributed by atoms with van der Waals surface area (Å²) >= 11 is 0. The molecule has 3 rings (SSSR count). The van der Waals surface area contributed by atoms with Crippen LogP contribution in [0.1, 0.15) is 21.5 Å². The molecule has 0 spiro atoms. The molecule has 8 heteroatoms. The van der Waals surface area contributed by atoms with Crippen LogP contribution in [0.5, 0.6) is 0 Å². The van der Waals surface area contributed by atoms with Gasteiger partial charge in [0.15, 0.2) is 0 Å². The van der Waals surface area contributed by atoms with Crippen molar-refractivity contribution in [3.63, 3.8) is 0 Å². The Labute approximate surface area is 151 Å². The molecule has 134 valence electrons. The Balaban J connectivity index is 1.74. The van der Waals surface area contributed by atoms with Gasteiger partial charge in [-0.3, -0.25) is 9.48 Å². The highest BCUT2D eigenvalue weighted by Gasteiger charge is 2.15. The van der Waals surface area contributed by atoms with Crippen LogP contribution in [0.4, 0.5) is 0 Å². The number of aromatic nitrogens is 2. The van der Waals surface area contributed by atoms with E-state index in [0.29, 0.717) is 6.54 Å². The number of nitrogens with one attached hydrogen (secondary N) is 1. The summed E-state index contributed by atoms with van der Waals surface area (Å²) in [5, 5.41) is 4.17. The molecule has 26 heavy (non-hydrogen) atoms. The number of amides is 1. The van der Waals surface area contributed by atoms with Gasteiger partial charge in [0.05, 0.1) is 11.4 Å². The van der Waals surface area contributed by atoms with Crippen molar-refractivity contribution in [1.29, 1.82) is 0 Å². The summed E-state index contributed by atoms with van der Waals surface area (Å²) < 4.78 is 29.3. The van der Waals surface area contributed by atoms with Gasteiger partial charge >= 0.3 is 0 Å². The minimum absolute atomic E-state index is 0.0760.